The van der Waals surface area contributed by atoms with Crippen molar-refractivity contribution in [1.82, 2.24) is 15.5 Å². The summed E-state index contributed by atoms with van der Waals surface area (Å²) in [4.78, 5) is 0. The lowest BCUT2D eigenvalue weighted by Gasteiger charge is -2.39. The van der Waals surface area contributed by atoms with E-state index in [-0.39, 0.29) is 11.6 Å². The highest BCUT2D eigenvalue weighted by Crippen LogP contribution is 2.38. The highest BCUT2D eigenvalue weighted by Gasteiger charge is 2.38. The first-order valence-electron chi connectivity index (χ1n) is 5.74. The maximum atomic E-state index is 5.60. The monoisotopic (exact) mass is 241 g/mol. The number of rotatable bonds is 5. The van der Waals surface area contributed by atoms with Crippen molar-refractivity contribution >= 4 is 11.3 Å². The van der Waals surface area contributed by atoms with Crippen LogP contribution in [0.4, 0.5) is 0 Å². The molecule has 0 aliphatic heterocycles. The van der Waals surface area contributed by atoms with Crippen LogP contribution in [0.3, 0.4) is 0 Å². The van der Waals surface area contributed by atoms with Crippen molar-refractivity contribution in [2.75, 3.05) is 14.2 Å². The van der Waals surface area contributed by atoms with E-state index in [0.29, 0.717) is 0 Å². The van der Waals surface area contributed by atoms with Gasteiger partial charge in [0.1, 0.15) is 10.0 Å². The third kappa shape index (κ3) is 2.26. The van der Waals surface area contributed by atoms with E-state index in [1.807, 2.05) is 7.05 Å². The van der Waals surface area contributed by atoms with Crippen molar-refractivity contribution in [3.63, 3.8) is 0 Å². The summed E-state index contributed by atoms with van der Waals surface area (Å²) >= 11 is 1.69. The Balaban J connectivity index is 2.02. The summed E-state index contributed by atoms with van der Waals surface area (Å²) in [5.41, 5.74) is 0.0552. The van der Waals surface area contributed by atoms with Gasteiger partial charge in [-0.25, -0.2) is 0 Å². The summed E-state index contributed by atoms with van der Waals surface area (Å²) in [6.07, 6.45) is 4.49. The van der Waals surface area contributed by atoms with Crippen molar-refractivity contribution in [1.29, 1.82) is 0 Å². The lowest BCUT2D eigenvalue weighted by Crippen LogP contribution is -2.41. The van der Waals surface area contributed by atoms with Crippen LogP contribution in [-0.2, 0) is 11.2 Å². The van der Waals surface area contributed by atoms with Crippen molar-refractivity contribution in [3.05, 3.63) is 10.0 Å². The Hall–Kier alpha value is -0.520. The summed E-state index contributed by atoms with van der Waals surface area (Å²) in [5.74, 6) is 0. The first-order chi connectivity index (χ1) is 7.69. The summed E-state index contributed by atoms with van der Waals surface area (Å²) < 4.78 is 5.60. The normalized spacial score (nSPS) is 20.4. The molecular weight excluding hydrogens is 222 g/mol. The summed E-state index contributed by atoms with van der Waals surface area (Å²) in [6, 6.07) is 0.283. The van der Waals surface area contributed by atoms with Gasteiger partial charge in [0.25, 0.3) is 0 Å². The van der Waals surface area contributed by atoms with Crippen LogP contribution in [0.2, 0.25) is 0 Å². The second-order valence-corrected chi connectivity index (χ2v) is 5.56. The fourth-order valence-corrected chi connectivity index (χ4v) is 2.97. The van der Waals surface area contributed by atoms with Crippen LogP contribution in [0.5, 0.6) is 0 Å². The molecule has 1 atom stereocenters. The van der Waals surface area contributed by atoms with Crippen molar-refractivity contribution in [2.45, 2.75) is 44.2 Å². The number of methoxy groups -OCH3 is 1. The average molecular weight is 241 g/mol. The van der Waals surface area contributed by atoms with E-state index in [4.69, 9.17) is 4.74 Å². The van der Waals surface area contributed by atoms with Crippen LogP contribution >= 0.6 is 11.3 Å². The molecule has 0 radical (unpaired) electrons. The molecule has 1 aromatic rings. The average Bonchev–Trinajstić information content (AvgIpc) is 2.70. The van der Waals surface area contributed by atoms with Gasteiger partial charge < -0.3 is 10.1 Å². The third-order valence-corrected chi connectivity index (χ3v) is 4.56. The Kier molecular flexibility index (Phi) is 3.56. The van der Waals surface area contributed by atoms with Crippen LogP contribution in [0.15, 0.2) is 0 Å². The molecule has 5 heteroatoms. The predicted molar refractivity (Wildman–Crippen MR) is 64.7 cm³/mol. The minimum atomic E-state index is 0.0552. The number of hydrogen-bond donors (Lipinski definition) is 1. The van der Waals surface area contributed by atoms with E-state index >= 15 is 0 Å². The standard InChI is InChI=1S/C11H19N3OS/c1-8(12-2)10-14-13-9(16-10)7-11(15-3)5-4-6-11/h8,12H,4-7H2,1-3H3. The molecular formula is C11H19N3OS. The SMILES string of the molecule is CNC(C)c1nnc(CC2(OC)CCC2)s1. The third-order valence-electron chi connectivity index (χ3n) is 3.46. The number of nitrogens with zero attached hydrogens (tertiary/aromatic N) is 2. The minimum Gasteiger partial charge on any atom is -0.378 e. The van der Waals surface area contributed by atoms with Gasteiger partial charge in [0.2, 0.25) is 0 Å². The molecule has 1 heterocycles. The quantitative estimate of drug-likeness (QED) is 0.855. The minimum absolute atomic E-state index is 0.0552. The molecule has 1 fully saturated rings. The summed E-state index contributed by atoms with van der Waals surface area (Å²) in [5, 5.41) is 13.8. The Morgan fingerprint density at radius 1 is 1.50 bits per heavy atom. The highest BCUT2D eigenvalue weighted by atomic mass is 32.1. The van der Waals surface area contributed by atoms with Gasteiger partial charge in [-0.05, 0) is 33.2 Å². The number of aromatic nitrogens is 2. The second kappa shape index (κ2) is 4.77. The second-order valence-electron chi connectivity index (χ2n) is 4.46. The first kappa shape index (κ1) is 12.0. The molecule has 0 aromatic carbocycles. The van der Waals surface area contributed by atoms with Crippen molar-refractivity contribution in [3.8, 4) is 0 Å². The zero-order valence-corrected chi connectivity index (χ0v) is 10.9. The van der Waals surface area contributed by atoms with E-state index < -0.39 is 0 Å². The van der Waals surface area contributed by atoms with E-state index in [2.05, 4.69) is 22.4 Å². The molecule has 0 bridgehead atoms. The maximum absolute atomic E-state index is 5.60. The lowest BCUT2D eigenvalue weighted by molar-refractivity contribution is -0.0709. The molecule has 1 aromatic heterocycles. The molecule has 16 heavy (non-hydrogen) atoms. The Bertz CT molecular complexity index is 343. The number of nitrogens with one attached hydrogen (secondary N) is 1. The fourth-order valence-electron chi connectivity index (χ4n) is 1.94. The molecule has 1 aliphatic rings. The molecule has 0 amide bonds. The van der Waals surface area contributed by atoms with E-state index in [1.54, 1.807) is 18.4 Å². The zero-order chi connectivity index (χ0) is 11.6. The largest absolute Gasteiger partial charge is 0.378 e. The molecule has 0 spiro atoms. The molecule has 1 unspecified atom stereocenters. The van der Waals surface area contributed by atoms with Gasteiger partial charge in [-0.3, -0.25) is 0 Å². The lowest BCUT2D eigenvalue weighted by atomic mass is 9.78. The Morgan fingerprint density at radius 2 is 2.25 bits per heavy atom. The van der Waals surface area contributed by atoms with Gasteiger partial charge in [-0.2, -0.15) is 0 Å². The summed E-state index contributed by atoms with van der Waals surface area (Å²) in [7, 11) is 3.74. The number of hydrogen-bond acceptors (Lipinski definition) is 5. The van der Waals surface area contributed by atoms with E-state index in [0.717, 1.165) is 29.3 Å². The molecule has 90 valence electrons. The summed E-state index contributed by atoms with van der Waals surface area (Å²) in [6.45, 7) is 2.10. The van der Waals surface area contributed by atoms with Gasteiger partial charge >= 0.3 is 0 Å². The fraction of sp³-hybridized carbons (Fsp3) is 0.818. The predicted octanol–water partition coefficient (Wildman–Crippen LogP) is 1.93. The van der Waals surface area contributed by atoms with Crippen LogP contribution in [0, 0.1) is 0 Å². The van der Waals surface area contributed by atoms with Gasteiger partial charge in [0.15, 0.2) is 0 Å². The van der Waals surface area contributed by atoms with Crippen molar-refractivity contribution in [2.24, 2.45) is 0 Å². The zero-order valence-electron chi connectivity index (χ0n) is 10.1. The van der Waals surface area contributed by atoms with Gasteiger partial charge in [-0.1, -0.05) is 11.3 Å². The van der Waals surface area contributed by atoms with Gasteiger partial charge in [0, 0.05) is 13.5 Å². The van der Waals surface area contributed by atoms with E-state index in [9.17, 15) is 0 Å². The van der Waals surface area contributed by atoms with E-state index in [1.165, 1.54) is 6.42 Å². The van der Waals surface area contributed by atoms with Crippen LogP contribution in [-0.4, -0.2) is 30.0 Å². The molecule has 4 nitrogen and oxygen atoms in total. The van der Waals surface area contributed by atoms with Crippen LogP contribution in [0.25, 0.3) is 0 Å². The molecule has 1 saturated carbocycles. The highest BCUT2D eigenvalue weighted by molar-refractivity contribution is 7.11. The molecule has 1 aliphatic carbocycles. The topological polar surface area (TPSA) is 47.0 Å². The van der Waals surface area contributed by atoms with Crippen LogP contribution < -0.4 is 5.32 Å². The smallest absolute Gasteiger partial charge is 0.134 e. The maximum Gasteiger partial charge on any atom is 0.134 e. The first-order valence-corrected chi connectivity index (χ1v) is 6.55. The van der Waals surface area contributed by atoms with Crippen molar-refractivity contribution < 1.29 is 4.74 Å². The Labute approximate surface area is 100 Å². The van der Waals surface area contributed by atoms with Gasteiger partial charge in [0.05, 0.1) is 11.6 Å². The molecule has 1 N–H and O–H groups in total. The molecule has 0 saturated heterocycles. The Morgan fingerprint density at radius 3 is 2.75 bits per heavy atom. The molecule has 2 rings (SSSR count). The number of ether oxygens (including phenoxy) is 1. The van der Waals surface area contributed by atoms with Crippen LogP contribution in [0.1, 0.15) is 42.2 Å². The van der Waals surface area contributed by atoms with Gasteiger partial charge in [-0.15, -0.1) is 10.2 Å².